The van der Waals surface area contributed by atoms with E-state index in [-0.39, 0.29) is 35.7 Å². The van der Waals surface area contributed by atoms with Gasteiger partial charge in [-0.15, -0.1) is 0 Å². The molecular formula is C26H27BrN2O4S. The van der Waals surface area contributed by atoms with Crippen LogP contribution in [0.25, 0.3) is 0 Å². The molecule has 178 valence electrons. The summed E-state index contributed by atoms with van der Waals surface area (Å²) in [6.45, 7) is 3.59. The molecule has 0 fully saturated rings. The Labute approximate surface area is 209 Å². The van der Waals surface area contributed by atoms with Crippen LogP contribution in [0.2, 0.25) is 0 Å². The molecule has 0 radical (unpaired) electrons. The van der Waals surface area contributed by atoms with Crippen LogP contribution in [-0.2, 0) is 27.8 Å². The Morgan fingerprint density at radius 3 is 2.56 bits per heavy atom. The summed E-state index contributed by atoms with van der Waals surface area (Å²) in [6, 6.07) is 20.1. The molecule has 1 amide bonds. The van der Waals surface area contributed by atoms with Crippen molar-refractivity contribution in [2.75, 3.05) is 18.6 Å². The van der Waals surface area contributed by atoms with E-state index in [0.717, 1.165) is 33.3 Å². The Morgan fingerprint density at radius 2 is 1.85 bits per heavy atom. The van der Waals surface area contributed by atoms with Crippen LogP contribution in [0, 0.1) is 6.92 Å². The van der Waals surface area contributed by atoms with Crippen LogP contribution in [0.1, 0.15) is 23.6 Å². The molecule has 0 aromatic heterocycles. The minimum Gasteiger partial charge on any atom is -0.495 e. The summed E-state index contributed by atoms with van der Waals surface area (Å²) in [5, 5.41) is 0. The number of methoxy groups -OCH3 is 1. The molecule has 1 aliphatic rings. The number of fused-ring (bicyclic) bond motifs is 1. The van der Waals surface area contributed by atoms with Gasteiger partial charge in [0.2, 0.25) is 15.9 Å². The predicted octanol–water partition coefficient (Wildman–Crippen LogP) is 4.93. The van der Waals surface area contributed by atoms with Crippen LogP contribution in [0.15, 0.2) is 76.1 Å². The maximum absolute atomic E-state index is 13.9. The predicted molar refractivity (Wildman–Crippen MR) is 137 cm³/mol. The number of carbonyl (C=O) groups excluding carboxylic acids is 1. The Balaban J connectivity index is 1.72. The number of ether oxygens (including phenoxy) is 1. The number of hydrogen-bond acceptors (Lipinski definition) is 4. The first kappa shape index (κ1) is 24.4. The number of anilines is 1. The van der Waals surface area contributed by atoms with Gasteiger partial charge >= 0.3 is 0 Å². The minimum atomic E-state index is -4.04. The molecule has 1 atom stereocenters. The van der Waals surface area contributed by atoms with E-state index in [1.165, 1.54) is 11.4 Å². The number of benzene rings is 3. The minimum absolute atomic E-state index is 0.0533. The van der Waals surface area contributed by atoms with Gasteiger partial charge in [0.15, 0.2) is 0 Å². The van der Waals surface area contributed by atoms with Crippen molar-refractivity contribution in [2.45, 2.75) is 37.8 Å². The topological polar surface area (TPSA) is 66.9 Å². The maximum atomic E-state index is 13.9. The standard InChI is InChI=1S/C26H27BrN2O4S/c1-18-9-12-24(33-3)25(13-18)34(31,32)28(16-20-7-5-4-6-8-20)17-26(30)29-19(2)14-21-15-22(27)10-11-23(21)29/h4-13,15,19H,14,16-17H2,1-3H3/t19-/m1/s1. The third kappa shape index (κ3) is 4.89. The van der Waals surface area contributed by atoms with Crippen molar-refractivity contribution in [3.05, 3.63) is 87.9 Å². The quantitative estimate of drug-likeness (QED) is 0.424. The van der Waals surface area contributed by atoms with E-state index in [2.05, 4.69) is 15.9 Å². The fourth-order valence-corrected chi connectivity index (χ4v) is 6.37. The van der Waals surface area contributed by atoms with Gasteiger partial charge in [0.1, 0.15) is 10.6 Å². The zero-order chi connectivity index (χ0) is 24.5. The van der Waals surface area contributed by atoms with Crippen LogP contribution in [0.3, 0.4) is 0 Å². The molecule has 0 unspecified atom stereocenters. The van der Waals surface area contributed by atoms with Crippen molar-refractivity contribution >= 4 is 37.5 Å². The van der Waals surface area contributed by atoms with Gasteiger partial charge in [0, 0.05) is 22.7 Å². The summed E-state index contributed by atoms with van der Waals surface area (Å²) in [7, 11) is -2.60. The molecule has 3 aromatic carbocycles. The first-order valence-electron chi connectivity index (χ1n) is 11.0. The molecule has 0 saturated carbocycles. The third-order valence-corrected chi connectivity index (χ3v) is 8.28. The van der Waals surface area contributed by atoms with Crippen molar-refractivity contribution in [3.63, 3.8) is 0 Å². The van der Waals surface area contributed by atoms with Gasteiger partial charge in [-0.3, -0.25) is 4.79 Å². The highest BCUT2D eigenvalue weighted by molar-refractivity contribution is 9.10. The molecule has 0 N–H and O–H groups in total. The van der Waals surface area contributed by atoms with E-state index in [4.69, 9.17) is 4.74 Å². The zero-order valence-corrected chi connectivity index (χ0v) is 21.8. The Bertz CT molecular complexity index is 1310. The highest BCUT2D eigenvalue weighted by Gasteiger charge is 2.35. The van der Waals surface area contributed by atoms with Crippen molar-refractivity contribution in [2.24, 2.45) is 0 Å². The fourth-order valence-electron chi connectivity index (χ4n) is 4.34. The molecule has 0 saturated heterocycles. The number of hydrogen-bond donors (Lipinski definition) is 0. The number of rotatable bonds is 7. The average Bonchev–Trinajstić information content (AvgIpc) is 3.14. The second-order valence-electron chi connectivity index (χ2n) is 8.50. The zero-order valence-electron chi connectivity index (χ0n) is 19.4. The molecule has 0 bridgehead atoms. The van der Waals surface area contributed by atoms with Crippen molar-refractivity contribution in [1.29, 1.82) is 0 Å². The molecule has 4 rings (SSSR count). The third-order valence-electron chi connectivity index (χ3n) is 5.98. The summed E-state index contributed by atoms with van der Waals surface area (Å²) < 4.78 is 35.3. The van der Waals surface area contributed by atoms with Crippen LogP contribution >= 0.6 is 15.9 Å². The lowest BCUT2D eigenvalue weighted by Crippen LogP contribution is -2.44. The van der Waals surface area contributed by atoms with Crippen molar-refractivity contribution in [3.8, 4) is 5.75 Å². The molecule has 3 aromatic rings. The Morgan fingerprint density at radius 1 is 1.12 bits per heavy atom. The molecule has 8 heteroatoms. The number of carbonyl (C=O) groups is 1. The van der Waals surface area contributed by atoms with Crippen LogP contribution in [0.5, 0.6) is 5.75 Å². The van der Waals surface area contributed by atoms with Gasteiger partial charge in [-0.1, -0.05) is 52.3 Å². The van der Waals surface area contributed by atoms with E-state index >= 15 is 0 Å². The van der Waals surface area contributed by atoms with Gasteiger partial charge < -0.3 is 9.64 Å². The summed E-state index contributed by atoms with van der Waals surface area (Å²) in [6.07, 6.45) is 0.720. The Hall–Kier alpha value is -2.68. The number of nitrogens with zero attached hydrogens (tertiary/aromatic N) is 2. The van der Waals surface area contributed by atoms with E-state index in [9.17, 15) is 13.2 Å². The highest BCUT2D eigenvalue weighted by Crippen LogP contribution is 2.35. The van der Waals surface area contributed by atoms with Gasteiger partial charge in [0.05, 0.1) is 13.7 Å². The normalized spacial score (nSPS) is 15.4. The van der Waals surface area contributed by atoms with E-state index in [1.54, 1.807) is 23.1 Å². The van der Waals surface area contributed by atoms with Crippen molar-refractivity contribution in [1.82, 2.24) is 4.31 Å². The lowest BCUT2D eigenvalue weighted by Gasteiger charge is -2.28. The monoisotopic (exact) mass is 542 g/mol. The smallest absolute Gasteiger partial charge is 0.247 e. The number of sulfonamides is 1. The molecule has 34 heavy (non-hydrogen) atoms. The molecule has 0 spiro atoms. The van der Waals surface area contributed by atoms with Crippen LogP contribution < -0.4 is 9.64 Å². The van der Waals surface area contributed by atoms with Crippen LogP contribution in [0.4, 0.5) is 5.69 Å². The first-order valence-corrected chi connectivity index (χ1v) is 13.2. The molecule has 1 heterocycles. The second-order valence-corrected chi connectivity index (χ2v) is 11.3. The van der Waals surface area contributed by atoms with E-state index in [1.807, 2.05) is 62.4 Å². The molecule has 0 aliphatic carbocycles. The summed E-state index contributed by atoms with van der Waals surface area (Å²) >= 11 is 3.49. The molecule has 1 aliphatic heterocycles. The fraction of sp³-hybridized carbons (Fsp3) is 0.269. The van der Waals surface area contributed by atoms with Gasteiger partial charge in [-0.25, -0.2) is 8.42 Å². The van der Waals surface area contributed by atoms with E-state index in [0.29, 0.717) is 0 Å². The summed E-state index contributed by atoms with van der Waals surface area (Å²) in [4.78, 5) is 15.3. The first-order chi connectivity index (χ1) is 16.2. The van der Waals surface area contributed by atoms with E-state index < -0.39 is 10.0 Å². The molecule has 6 nitrogen and oxygen atoms in total. The number of amides is 1. The summed E-state index contributed by atoms with van der Waals surface area (Å²) in [5.41, 5.74) is 3.47. The highest BCUT2D eigenvalue weighted by atomic mass is 79.9. The van der Waals surface area contributed by atoms with Gasteiger partial charge in [0.25, 0.3) is 0 Å². The number of aryl methyl sites for hydroxylation is 1. The lowest BCUT2D eigenvalue weighted by atomic mass is 10.1. The average molecular weight is 543 g/mol. The summed E-state index contributed by atoms with van der Waals surface area (Å²) in [5.74, 6) is -0.0134. The molecular weight excluding hydrogens is 516 g/mol. The largest absolute Gasteiger partial charge is 0.495 e. The SMILES string of the molecule is COc1ccc(C)cc1S(=O)(=O)N(CC(=O)N1c2ccc(Br)cc2C[C@H]1C)Cc1ccccc1. The number of halogens is 1. The van der Waals surface area contributed by atoms with Gasteiger partial charge in [-0.2, -0.15) is 4.31 Å². The second kappa shape index (κ2) is 9.90. The van der Waals surface area contributed by atoms with Crippen molar-refractivity contribution < 1.29 is 17.9 Å². The van der Waals surface area contributed by atoms with Gasteiger partial charge in [-0.05, 0) is 67.3 Å². The lowest BCUT2D eigenvalue weighted by molar-refractivity contribution is -0.119. The Kier molecular flexibility index (Phi) is 7.12. The maximum Gasteiger partial charge on any atom is 0.247 e. The van der Waals surface area contributed by atoms with Crippen LogP contribution in [-0.4, -0.2) is 38.3 Å².